The Morgan fingerprint density at radius 1 is 1.15 bits per heavy atom. The van der Waals surface area contributed by atoms with E-state index >= 15 is 0 Å². The van der Waals surface area contributed by atoms with Gasteiger partial charge in [0.15, 0.2) is 5.96 Å². The second-order valence-corrected chi connectivity index (χ2v) is 7.51. The number of carbonyl (C=O) groups is 1. The van der Waals surface area contributed by atoms with Crippen LogP contribution in [0, 0.1) is 5.92 Å². The molecule has 1 saturated heterocycles. The molecule has 6 heteroatoms. The molecule has 1 aromatic carbocycles. The fourth-order valence-corrected chi connectivity index (χ4v) is 3.01. The van der Waals surface area contributed by atoms with E-state index < -0.39 is 0 Å². The lowest BCUT2D eigenvalue weighted by Gasteiger charge is -2.27. The van der Waals surface area contributed by atoms with E-state index in [1.54, 1.807) is 7.05 Å². The predicted molar refractivity (Wildman–Crippen MR) is 110 cm³/mol. The number of benzene rings is 1. The maximum absolute atomic E-state index is 12.3. The molecule has 1 atom stereocenters. The number of guanidine groups is 1. The van der Waals surface area contributed by atoms with Crippen LogP contribution < -0.4 is 15.4 Å². The molecule has 0 radical (unpaired) electrons. The first-order valence-corrected chi connectivity index (χ1v) is 9.97. The minimum absolute atomic E-state index is 0.0698. The number of ether oxygens (including phenoxy) is 1. The van der Waals surface area contributed by atoms with E-state index in [9.17, 15) is 4.79 Å². The second-order valence-electron chi connectivity index (χ2n) is 7.51. The zero-order valence-corrected chi connectivity index (χ0v) is 17.1. The van der Waals surface area contributed by atoms with Crippen molar-refractivity contribution in [1.82, 2.24) is 15.5 Å². The molecule has 1 unspecified atom stereocenters. The van der Waals surface area contributed by atoms with Crippen molar-refractivity contribution in [1.29, 1.82) is 0 Å². The van der Waals surface area contributed by atoms with E-state index in [0.717, 1.165) is 43.9 Å². The summed E-state index contributed by atoms with van der Waals surface area (Å²) in [5.41, 5.74) is 1.14. The van der Waals surface area contributed by atoms with E-state index in [4.69, 9.17) is 4.74 Å². The predicted octanol–water partition coefficient (Wildman–Crippen LogP) is 2.96. The van der Waals surface area contributed by atoms with Crippen LogP contribution in [0.5, 0.6) is 5.75 Å². The van der Waals surface area contributed by atoms with Crippen LogP contribution in [0.1, 0.15) is 51.6 Å². The van der Waals surface area contributed by atoms with Gasteiger partial charge in [0.05, 0.1) is 19.2 Å². The number of rotatable bonds is 7. The molecule has 1 aliphatic rings. The molecule has 0 bridgehead atoms. The highest BCUT2D eigenvalue weighted by molar-refractivity contribution is 5.86. The molecule has 2 rings (SSSR count). The lowest BCUT2D eigenvalue weighted by Crippen LogP contribution is -2.46. The first-order valence-electron chi connectivity index (χ1n) is 9.97. The molecular formula is C21H34N4O2. The zero-order valence-electron chi connectivity index (χ0n) is 17.1. The number of likely N-dealkylation sites (tertiary alicyclic amines) is 1. The van der Waals surface area contributed by atoms with Crippen LogP contribution in [-0.2, 0) is 4.79 Å². The van der Waals surface area contributed by atoms with Crippen molar-refractivity contribution in [3.8, 4) is 5.75 Å². The van der Waals surface area contributed by atoms with Gasteiger partial charge in [-0.2, -0.15) is 0 Å². The molecule has 0 aliphatic carbocycles. The summed E-state index contributed by atoms with van der Waals surface area (Å²) in [5.74, 6) is 2.16. The quantitative estimate of drug-likeness (QED) is 0.569. The number of hydrogen-bond acceptors (Lipinski definition) is 3. The topological polar surface area (TPSA) is 66.0 Å². The highest BCUT2D eigenvalue weighted by atomic mass is 16.5. The van der Waals surface area contributed by atoms with Crippen LogP contribution in [-0.4, -0.2) is 50.1 Å². The Morgan fingerprint density at radius 2 is 1.81 bits per heavy atom. The van der Waals surface area contributed by atoms with Gasteiger partial charge in [-0.15, -0.1) is 0 Å². The number of piperidine rings is 1. The second kappa shape index (κ2) is 10.8. The summed E-state index contributed by atoms with van der Waals surface area (Å²) in [6, 6.07) is 8.16. The molecule has 0 aromatic heterocycles. The van der Waals surface area contributed by atoms with Crippen molar-refractivity contribution < 1.29 is 9.53 Å². The fraction of sp³-hybridized carbons (Fsp3) is 0.619. The third-order valence-electron chi connectivity index (χ3n) is 4.66. The van der Waals surface area contributed by atoms with Crippen LogP contribution in [0.25, 0.3) is 0 Å². The van der Waals surface area contributed by atoms with Crippen LogP contribution >= 0.6 is 0 Å². The van der Waals surface area contributed by atoms with Gasteiger partial charge in [0.25, 0.3) is 0 Å². The summed E-state index contributed by atoms with van der Waals surface area (Å²) in [6.07, 6.45) is 3.43. The summed E-state index contributed by atoms with van der Waals surface area (Å²) >= 11 is 0. The Labute approximate surface area is 163 Å². The third kappa shape index (κ3) is 7.12. The van der Waals surface area contributed by atoms with Gasteiger partial charge in [-0.1, -0.05) is 26.0 Å². The number of aliphatic imine (C=N–C) groups is 1. The highest BCUT2D eigenvalue weighted by Gasteiger charge is 2.17. The van der Waals surface area contributed by atoms with Gasteiger partial charge in [0.1, 0.15) is 5.75 Å². The molecule has 6 nitrogen and oxygen atoms in total. The van der Waals surface area contributed by atoms with E-state index in [2.05, 4.69) is 48.5 Å². The Morgan fingerprint density at radius 3 is 2.41 bits per heavy atom. The Balaban J connectivity index is 1.81. The molecule has 1 aliphatic heterocycles. The molecule has 1 amide bonds. The Kier molecular flexibility index (Phi) is 8.43. The maximum atomic E-state index is 12.3. The van der Waals surface area contributed by atoms with E-state index in [1.807, 2.05) is 17.0 Å². The fourth-order valence-electron chi connectivity index (χ4n) is 3.01. The monoisotopic (exact) mass is 374 g/mol. The van der Waals surface area contributed by atoms with E-state index in [0.29, 0.717) is 11.9 Å². The molecular weight excluding hydrogens is 340 g/mol. The molecule has 1 heterocycles. The zero-order chi connectivity index (χ0) is 19.6. The lowest BCUT2D eigenvalue weighted by molar-refractivity contribution is -0.130. The first-order chi connectivity index (χ1) is 13.0. The molecule has 150 valence electrons. The van der Waals surface area contributed by atoms with Gasteiger partial charge in [-0.05, 0) is 49.8 Å². The summed E-state index contributed by atoms with van der Waals surface area (Å²) in [6.45, 7) is 9.07. The normalized spacial score (nSPS) is 16.2. The Hall–Kier alpha value is -2.24. The van der Waals surface area contributed by atoms with Crippen molar-refractivity contribution in [3.63, 3.8) is 0 Å². The van der Waals surface area contributed by atoms with E-state index in [1.165, 1.54) is 6.42 Å². The van der Waals surface area contributed by atoms with Crippen molar-refractivity contribution in [2.45, 2.75) is 46.1 Å². The maximum Gasteiger partial charge on any atom is 0.241 e. The summed E-state index contributed by atoms with van der Waals surface area (Å²) in [7, 11) is 1.72. The number of hydrogen-bond donors (Lipinski definition) is 2. The van der Waals surface area contributed by atoms with Gasteiger partial charge in [0, 0.05) is 20.1 Å². The minimum atomic E-state index is 0.0698. The summed E-state index contributed by atoms with van der Waals surface area (Å²) in [5, 5.41) is 6.47. The van der Waals surface area contributed by atoms with Gasteiger partial charge in [-0.25, -0.2) is 0 Å². The largest absolute Gasteiger partial charge is 0.493 e. The first kappa shape index (κ1) is 21.1. The molecule has 0 spiro atoms. The summed E-state index contributed by atoms with van der Waals surface area (Å²) < 4.78 is 5.73. The van der Waals surface area contributed by atoms with Crippen LogP contribution in [0.15, 0.2) is 29.3 Å². The van der Waals surface area contributed by atoms with E-state index in [-0.39, 0.29) is 18.5 Å². The number of nitrogens with zero attached hydrogens (tertiary/aromatic N) is 2. The lowest BCUT2D eigenvalue weighted by atomic mass is 10.1. The SMILES string of the molecule is CN=C(NCC(=O)N1CCCCC1)NC(C)c1ccc(OCC(C)C)cc1. The number of amides is 1. The average Bonchev–Trinajstić information content (AvgIpc) is 2.70. The van der Waals surface area contributed by atoms with Gasteiger partial charge >= 0.3 is 0 Å². The average molecular weight is 375 g/mol. The van der Waals surface area contributed by atoms with Crippen molar-refractivity contribution in [3.05, 3.63) is 29.8 Å². The van der Waals surface area contributed by atoms with Crippen LogP contribution in [0.3, 0.4) is 0 Å². The summed E-state index contributed by atoms with van der Waals surface area (Å²) in [4.78, 5) is 18.5. The van der Waals surface area contributed by atoms with Gasteiger partial charge < -0.3 is 20.3 Å². The van der Waals surface area contributed by atoms with Crippen LogP contribution in [0.2, 0.25) is 0 Å². The molecule has 2 N–H and O–H groups in total. The Bertz CT molecular complexity index is 607. The van der Waals surface area contributed by atoms with Crippen molar-refractivity contribution in [2.75, 3.05) is 33.3 Å². The third-order valence-corrected chi connectivity index (χ3v) is 4.66. The number of carbonyl (C=O) groups excluding carboxylic acids is 1. The molecule has 27 heavy (non-hydrogen) atoms. The van der Waals surface area contributed by atoms with Gasteiger partial charge in [-0.3, -0.25) is 9.79 Å². The van der Waals surface area contributed by atoms with Crippen molar-refractivity contribution >= 4 is 11.9 Å². The van der Waals surface area contributed by atoms with Crippen LogP contribution in [0.4, 0.5) is 0 Å². The van der Waals surface area contributed by atoms with Gasteiger partial charge in [0.2, 0.25) is 5.91 Å². The minimum Gasteiger partial charge on any atom is -0.493 e. The highest BCUT2D eigenvalue weighted by Crippen LogP contribution is 2.18. The number of nitrogens with one attached hydrogen (secondary N) is 2. The smallest absolute Gasteiger partial charge is 0.241 e. The van der Waals surface area contributed by atoms with Crippen molar-refractivity contribution in [2.24, 2.45) is 10.9 Å². The molecule has 1 fully saturated rings. The molecule has 0 saturated carbocycles. The molecule has 1 aromatic rings. The standard InChI is InChI=1S/C21H34N4O2/c1-16(2)15-27-19-10-8-18(9-11-19)17(3)24-21(22-4)23-14-20(26)25-12-6-5-7-13-25/h8-11,16-17H,5-7,12-15H2,1-4H3,(H2,22,23,24).